The Labute approximate surface area is 195 Å². The van der Waals surface area contributed by atoms with Crippen LogP contribution in [0.5, 0.6) is 5.75 Å². The zero-order valence-electron chi connectivity index (χ0n) is 18.4. The lowest BCUT2D eigenvalue weighted by Gasteiger charge is -2.35. The molecule has 170 valence electrons. The van der Waals surface area contributed by atoms with E-state index in [0.717, 1.165) is 11.4 Å². The van der Waals surface area contributed by atoms with Gasteiger partial charge in [0.1, 0.15) is 11.3 Å². The molecule has 2 aliphatic heterocycles. The van der Waals surface area contributed by atoms with E-state index in [9.17, 15) is 9.59 Å². The van der Waals surface area contributed by atoms with Crippen LogP contribution in [0.1, 0.15) is 10.4 Å². The van der Waals surface area contributed by atoms with Crippen LogP contribution in [0, 0.1) is 0 Å². The Bertz CT molecular complexity index is 1320. The van der Waals surface area contributed by atoms with Crippen molar-refractivity contribution < 1.29 is 14.3 Å². The van der Waals surface area contributed by atoms with E-state index < -0.39 is 0 Å². The normalized spacial score (nSPS) is 14.1. The van der Waals surface area contributed by atoms with Gasteiger partial charge in [0.2, 0.25) is 17.8 Å². The molecule has 34 heavy (non-hydrogen) atoms. The molecular weight excluding hydrogens is 434 g/mol. The third-order valence-corrected chi connectivity index (χ3v) is 5.38. The van der Waals surface area contributed by atoms with Crippen LogP contribution in [-0.4, -0.2) is 52.8 Å². The third-order valence-electron chi connectivity index (χ3n) is 5.38. The maximum atomic E-state index is 13.1. The summed E-state index contributed by atoms with van der Waals surface area (Å²) in [5, 5.41) is 5.92. The first kappa shape index (κ1) is 21.1. The minimum absolute atomic E-state index is 0.199. The van der Waals surface area contributed by atoms with E-state index in [2.05, 4.69) is 32.2 Å². The van der Waals surface area contributed by atoms with Gasteiger partial charge in [-0.1, -0.05) is 12.6 Å². The first-order valence-corrected chi connectivity index (χ1v) is 10.6. The summed E-state index contributed by atoms with van der Waals surface area (Å²) in [6, 6.07) is 14.6. The minimum Gasteiger partial charge on any atom is -0.497 e. The van der Waals surface area contributed by atoms with Gasteiger partial charge in [-0.05, 0) is 48.5 Å². The van der Waals surface area contributed by atoms with E-state index in [-0.39, 0.29) is 11.8 Å². The number of benzene rings is 2. The van der Waals surface area contributed by atoms with E-state index in [0.29, 0.717) is 47.8 Å². The molecule has 3 aromatic rings. The number of nitrogens with one attached hydrogen (secondary N) is 2. The number of aliphatic imine (C=N–C) groups is 1. The number of aromatic nitrogens is 2. The van der Waals surface area contributed by atoms with Crippen LogP contribution in [0.2, 0.25) is 0 Å². The molecule has 0 spiro atoms. The average Bonchev–Trinajstić information content (AvgIpc) is 3.35. The topological polar surface area (TPSA) is 112 Å². The Hall–Kier alpha value is -4.73. The molecule has 2 N–H and O–H groups in total. The number of rotatable bonds is 6. The molecule has 1 aromatic heterocycles. The molecule has 0 saturated carbocycles. The number of guanidine groups is 1. The van der Waals surface area contributed by atoms with Crippen LogP contribution < -0.4 is 20.3 Å². The molecule has 0 aliphatic carbocycles. The number of carbonyl (C=O) groups is 2. The highest BCUT2D eigenvalue weighted by atomic mass is 16.5. The summed E-state index contributed by atoms with van der Waals surface area (Å²) in [6.07, 6.45) is 2.72. The van der Waals surface area contributed by atoms with Gasteiger partial charge in [-0.25, -0.2) is 4.98 Å². The van der Waals surface area contributed by atoms with Crippen LogP contribution >= 0.6 is 0 Å². The Morgan fingerprint density at radius 1 is 1.18 bits per heavy atom. The van der Waals surface area contributed by atoms with Gasteiger partial charge in [-0.15, -0.1) is 0 Å². The van der Waals surface area contributed by atoms with Crippen LogP contribution in [0.3, 0.4) is 0 Å². The van der Waals surface area contributed by atoms with Crippen LogP contribution in [-0.2, 0) is 4.79 Å². The lowest BCUT2D eigenvalue weighted by atomic mass is 10.1. The summed E-state index contributed by atoms with van der Waals surface area (Å²) in [5.74, 6) is 1.43. The maximum Gasteiger partial charge on any atom is 0.266 e. The Kier molecular flexibility index (Phi) is 5.38. The summed E-state index contributed by atoms with van der Waals surface area (Å²) in [6.45, 7) is 4.45. The first-order chi connectivity index (χ1) is 16.6. The molecule has 0 saturated heterocycles. The Balaban J connectivity index is 1.56. The molecule has 3 heterocycles. The van der Waals surface area contributed by atoms with Crippen molar-refractivity contribution in [2.45, 2.75) is 0 Å². The smallest absolute Gasteiger partial charge is 0.266 e. The highest BCUT2D eigenvalue weighted by Crippen LogP contribution is 2.36. The summed E-state index contributed by atoms with van der Waals surface area (Å²) >= 11 is 0. The molecule has 2 aromatic carbocycles. The maximum absolute atomic E-state index is 13.1. The van der Waals surface area contributed by atoms with E-state index in [4.69, 9.17) is 4.74 Å². The van der Waals surface area contributed by atoms with Crippen molar-refractivity contribution in [1.82, 2.24) is 14.9 Å². The van der Waals surface area contributed by atoms with Crippen molar-refractivity contribution in [3.63, 3.8) is 0 Å². The molecule has 0 bridgehead atoms. The number of ether oxygens (including phenoxy) is 1. The number of methoxy groups -OCH3 is 1. The fourth-order valence-electron chi connectivity index (χ4n) is 3.77. The molecule has 0 atom stereocenters. The second-order valence-electron chi connectivity index (χ2n) is 7.50. The number of amides is 2. The van der Waals surface area contributed by atoms with E-state index in [1.807, 2.05) is 36.4 Å². The summed E-state index contributed by atoms with van der Waals surface area (Å²) in [5.41, 5.74) is 2.40. The molecule has 0 fully saturated rings. The van der Waals surface area contributed by atoms with E-state index in [1.54, 1.807) is 29.0 Å². The van der Waals surface area contributed by atoms with Gasteiger partial charge in [0.25, 0.3) is 5.91 Å². The quantitative estimate of drug-likeness (QED) is 0.549. The van der Waals surface area contributed by atoms with Gasteiger partial charge in [0, 0.05) is 24.1 Å². The van der Waals surface area contributed by atoms with Gasteiger partial charge in [-0.2, -0.15) is 4.98 Å². The molecule has 5 rings (SSSR count). The molecule has 2 aliphatic rings. The average molecular weight is 455 g/mol. The second-order valence-corrected chi connectivity index (χ2v) is 7.50. The number of hydrogen-bond acceptors (Lipinski definition) is 8. The molecular formula is C24H21N7O3. The van der Waals surface area contributed by atoms with Crippen LogP contribution in [0.4, 0.5) is 28.8 Å². The van der Waals surface area contributed by atoms with Gasteiger partial charge < -0.3 is 15.4 Å². The Morgan fingerprint density at radius 2 is 2.00 bits per heavy atom. The predicted molar refractivity (Wildman–Crippen MR) is 129 cm³/mol. The van der Waals surface area contributed by atoms with Crippen LogP contribution in [0.25, 0.3) is 0 Å². The lowest BCUT2D eigenvalue weighted by molar-refractivity contribution is -0.111. The van der Waals surface area contributed by atoms with Crippen molar-refractivity contribution in [3.8, 4) is 5.75 Å². The first-order valence-electron chi connectivity index (χ1n) is 10.6. The molecule has 10 heteroatoms. The minimum atomic E-state index is -0.320. The zero-order chi connectivity index (χ0) is 23.7. The van der Waals surface area contributed by atoms with Crippen molar-refractivity contribution in [2.24, 2.45) is 4.99 Å². The van der Waals surface area contributed by atoms with E-state index >= 15 is 0 Å². The fourth-order valence-corrected chi connectivity index (χ4v) is 3.77. The SMILES string of the molecule is C=CC(=O)Nc1cccc(N2C3=NCCN3C(=O)c3cnc(Nc4ccc(OC)cc4)nc32)c1. The lowest BCUT2D eigenvalue weighted by Crippen LogP contribution is -2.48. The number of nitrogens with zero attached hydrogens (tertiary/aromatic N) is 5. The number of fused-ring (bicyclic) bond motifs is 2. The van der Waals surface area contributed by atoms with Crippen molar-refractivity contribution in [2.75, 3.05) is 35.7 Å². The fraction of sp³-hybridized carbons (Fsp3) is 0.125. The third kappa shape index (κ3) is 3.81. The highest BCUT2D eigenvalue weighted by molar-refractivity contribution is 6.21. The predicted octanol–water partition coefficient (Wildman–Crippen LogP) is 3.32. The van der Waals surface area contributed by atoms with Gasteiger partial charge in [0.05, 0.1) is 19.3 Å². The summed E-state index contributed by atoms with van der Waals surface area (Å²) in [7, 11) is 1.60. The van der Waals surface area contributed by atoms with Crippen molar-refractivity contribution in [1.29, 1.82) is 0 Å². The number of hydrogen-bond donors (Lipinski definition) is 2. The summed E-state index contributed by atoms with van der Waals surface area (Å²) in [4.78, 5) is 41.9. The highest BCUT2D eigenvalue weighted by Gasteiger charge is 2.39. The monoisotopic (exact) mass is 455 g/mol. The van der Waals surface area contributed by atoms with Crippen LogP contribution in [0.15, 0.2) is 72.4 Å². The molecule has 2 amide bonds. The Morgan fingerprint density at radius 3 is 2.76 bits per heavy atom. The largest absolute Gasteiger partial charge is 0.497 e. The summed E-state index contributed by atoms with van der Waals surface area (Å²) < 4.78 is 5.20. The van der Waals surface area contributed by atoms with Gasteiger partial charge >= 0.3 is 0 Å². The standard InChI is InChI=1S/C24H21N7O3/c1-3-20(32)27-16-5-4-6-17(13-16)31-21-19(22(33)30-12-11-25-24(30)31)14-26-23(29-21)28-15-7-9-18(34-2)10-8-15/h3-10,13-14H,1,11-12H2,2H3,(H,27,32)(H,26,28,29). The molecule has 0 radical (unpaired) electrons. The van der Waals surface area contributed by atoms with Gasteiger partial charge in [0.15, 0.2) is 5.82 Å². The molecule has 10 nitrogen and oxygen atoms in total. The zero-order valence-corrected chi connectivity index (χ0v) is 18.4. The van der Waals surface area contributed by atoms with E-state index in [1.165, 1.54) is 12.3 Å². The second kappa shape index (κ2) is 8.66. The van der Waals surface area contributed by atoms with Crippen molar-refractivity contribution in [3.05, 3.63) is 72.9 Å². The number of anilines is 5. The van der Waals surface area contributed by atoms with Crippen molar-refractivity contribution >= 4 is 46.6 Å². The number of carbonyl (C=O) groups excluding carboxylic acids is 2. The molecule has 0 unspecified atom stereocenters. The van der Waals surface area contributed by atoms with Gasteiger partial charge in [-0.3, -0.25) is 24.4 Å².